The fraction of sp³-hybridized carbons (Fsp3) is 0.333. The second kappa shape index (κ2) is 7.88. The quantitative estimate of drug-likeness (QED) is 0.879. The molecule has 2 N–H and O–H groups in total. The summed E-state index contributed by atoms with van der Waals surface area (Å²) in [5.74, 6) is -0.930. The Morgan fingerprint density at radius 3 is 2.56 bits per heavy atom. The SMILES string of the molecule is CCC(=O)N1CCO[C@@](Cc2cccc(-c3cccc(F)c3)c2)(C(N)=O)C1. The average Bonchev–Trinajstić information content (AvgIpc) is 2.67. The number of ether oxygens (including phenoxy) is 1. The van der Waals surface area contributed by atoms with Crippen LogP contribution in [0.3, 0.4) is 0 Å². The predicted octanol–water partition coefficient (Wildman–Crippen LogP) is 2.53. The minimum absolute atomic E-state index is 0.0302. The lowest BCUT2D eigenvalue weighted by molar-refractivity contribution is -0.163. The van der Waals surface area contributed by atoms with Crippen molar-refractivity contribution in [3.05, 3.63) is 59.9 Å². The number of nitrogens with two attached hydrogens (primary N) is 1. The largest absolute Gasteiger partial charge is 0.367 e. The van der Waals surface area contributed by atoms with Crippen LogP contribution in [0.15, 0.2) is 48.5 Å². The number of amides is 2. The molecule has 2 aromatic rings. The van der Waals surface area contributed by atoms with Crippen LogP contribution in [-0.4, -0.2) is 42.0 Å². The van der Waals surface area contributed by atoms with E-state index in [4.69, 9.17) is 10.5 Å². The van der Waals surface area contributed by atoms with Crippen molar-refractivity contribution in [2.45, 2.75) is 25.4 Å². The summed E-state index contributed by atoms with van der Waals surface area (Å²) in [4.78, 5) is 26.0. The Morgan fingerprint density at radius 2 is 1.89 bits per heavy atom. The van der Waals surface area contributed by atoms with Gasteiger partial charge in [-0.05, 0) is 28.8 Å². The van der Waals surface area contributed by atoms with E-state index in [1.165, 1.54) is 12.1 Å². The summed E-state index contributed by atoms with van der Waals surface area (Å²) >= 11 is 0. The summed E-state index contributed by atoms with van der Waals surface area (Å²) in [7, 11) is 0. The number of carbonyl (C=O) groups excluding carboxylic acids is 2. The molecule has 0 radical (unpaired) electrons. The van der Waals surface area contributed by atoms with Crippen molar-refractivity contribution in [3.63, 3.8) is 0 Å². The summed E-state index contributed by atoms with van der Waals surface area (Å²) in [6.07, 6.45) is 0.614. The zero-order chi connectivity index (χ0) is 19.4. The minimum Gasteiger partial charge on any atom is -0.367 e. The van der Waals surface area contributed by atoms with Gasteiger partial charge in [0.1, 0.15) is 5.82 Å². The predicted molar refractivity (Wildman–Crippen MR) is 100 cm³/mol. The molecule has 0 aromatic heterocycles. The zero-order valence-corrected chi connectivity index (χ0v) is 15.3. The third-order valence-corrected chi connectivity index (χ3v) is 4.86. The lowest BCUT2D eigenvalue weighted by Crippen LogP contribution is -2.61. The molecule has 3 rings (SSSR count). The van der Waals surface area contributed by atoms with Crippen molar-refractivity contribution in [1.82, 2.24) is 4.90 Å². The molecule has 1 atom stereocenters. The van der Waals surface area contributed by atoms with Crippen LogP contribution in [0.2, 0.25) is 0 Å². The van der Waals surface area contributed by atoms with E-state index >= 15 is 0 Å². The number of morpholine rings is 1. The van der Waals surface area contributed by atoms with Crippen molar-refractivity contribution < 1.29 is 18.7 Å². The van der Waals surface area contributed by atoms with E-state index in [2.05, 4.69) is 0 Å². The molecule has 0 aliphatic carbocycles. The monoisotopic (exact) mass is 370 g/mol. The Morgan fingerprint density at radius 1 is 1.19 bits per heavy atom. The first-order chi connectivity index (χ1) is 12.9. The van der Waals surface area contributed by atoms with Crippen molar-refractivity contribution in [2.24, 2.45) is 5.73 Å². The third kappa shape index (κ3) is 4.17. The molecule has 1 fully saturated rings. The topological polar surface area (TPSA) is 72.6 Å². The van der Waals surface area contributed by atoms with Gasteiger partial charge in [-0.1, -0.05) is 43.3 Å². The molecule has 142 valence electrons. The number of carbonyl (C=O) groups is 2. The first-order valence-corrected chi connectivity index (χ1v) is 9.00. The number of nitrogens with zero attached hydrogens (tertiary/aromatic N) is 1. The third-order valence-electron chi connectivity index (χ3n) is 4.86. The van der Waals surface area contributed by atoms with Crippen molar-refractivity contribution in [1.29, 1.82) is 0 Å². The van der Waals surface area contributed by atoms with Gasteiger partial charge in [0.2, 0.25) is 5.91 Å². The molecule has 0 unspecified atom stereocenters. The number of rotatable bonds is 5. The molecule has 5 nitrogen and oxygen atoms in total. The van der Waals surface area contributed by atoms with Crippen molar-refractivity contribution in [2.75, 3.05) is 19.7 Å². The first kappa shape index (κ1) is 19.0. The van der Waals surface area contributed by atoms with Gasteiger partial charge >= 0.3 is 0 Å². The maximum Gasteiger partial charge on any atom is 0.251 e. The van der Waals surface area contributed by atoms with Crippen LogP contribution in [0, 0.1) is 5.82 Å². The highest BCUT2D eigenvalue weighted by Gasteiger charge is 2.43. The smallest absolute Gasteiger partial charge is 0.251 e. The van der Waals surface area contributed by atoms with E-state index in [9.17, 15) is 14.0 Å². The summed E-state index contributed by atoms with van der Waals surface area (Å²) in [6, 6.07) is 13.8. The zero-order valence-electron chi connectivity index (χ0n) is 15.3. The lowest BCUT2D eigenvalue weighted by atomic mass is 9.90. The van der Waals surface area contributed by atoms with Crippen molar-refractivity contribution >= 4 is 11.8 Å². The first-order valence-electron chi connectivity index (χ1n) is 9.00. The molecular weight excluding hydrogens is 347 g/mol. The van der Waals surface area contributed by atoms with E-state index in [1.54, 1.807) is 17.9 Å². The van der Waals surface area contributed by atoms with Crippen LogP contribution >= 0.6 is 0 Å². The van der Waals surface area contributed by atoms with Crippen LogP contribution in [-0.2, 0) is 20.7 Å². The van der Waals surface area contributed by atoms with Gasteiger partial charge in [-0.3, -0.25) is 9.59 Å². The molecule has 1 aliphatic heterocycles. The maximum absolute atomic E-state index is 13.5. The van der Waals surface area contributed by atoms with Gasteiger partial charge in [0.05, 0.1) is 13.2 Å². The maximum atomic E-state index is 13.5. The Balaban J connectivity index is 1.88. The van der Waals surface area contributed by atoms with Gasteiger partial charge in [-0.15, -0.1) is 0 Å². The fourth-order valence-electron chi connectivity index (χ4n) is 3.42. The number of benzene rings is 2. The van der Waals surface area contributed by atoms with Gasteiger partial charge in [0, 0.05) is 19.4 Å². The molecular formula is C21H23FN2O3. The Hall–Kier alpha value is -2.73. The molecule has 2 aromatic carbocycles. The van der Waals surface area contributed by atoms with Gasteiger partial charge < -0.3 is 15.4 Å². The summed E-state index contributed by atoms with van der Waals surface area (Å²) in [5.41, 5.74) is 6.83. The van der Waals surface area contributed by atoms with Gasteiger partial charge in [0.25, 0.3) is 5.91 Å². The lowest BCUT2D eigenvalue weighted by Gasteiger charge is -2.40. The number of hydrogen-bond donors (Lipinski definition) is 1. The van der Waals surface area contributed by atoms with Crippen LogP contribution in [0.1, 0.15) is 18.9 Å². The van der Waals surface area contributed by atoms with Gasteiger partial charge in [0.15, 0.2) is 5.60 Å². The molecule has 27 heavy (non-hydrogen) atoms. The molecule has 0 saturated carbocycles. The fourth-order valence-corrected chi connectivity index (χ4v) is 3.42. The highest BCUT2D eigenvalue weighted by Crippen LogP contribution is 2.27. The van der Waals surface area contributed by atoms with Gasteiger partial charge in [-0.2, -0.15) is 0 Å². The normalized spacial score (nSPS) is 19.7. The number of primary amides is 1. The average molecular weight is 370 g/mol. The Labute approximate surface area is 157 Å². The Kier molecular flexibility index (Phi) is 5.56. The van der Waals surface area contributed by atoms with Crippen LogP contribution in [0.5, 0.6) is 0 Å². The highest BCUT2D eigenvalue weighted by molar-refractivity contribution is 5.86. The van der Waals surface area contributed by atoms with Crippen molar-refractivity contribution in [3.8, 4) is 11.1 Å². The van der Waals surface area contributed by atoms with Crippen LogP contribution < -0.4 is 5.73 Å². The van der Waals surface area contributed by atoms with E-state index in [0.29, 0.717) is 13.0 Å². The molecule has 0 bridgehead atoms. The second-order valence-corrected chi connectivity index (χ2v) is 6.76. The highest BCUT2D eigenvalue weighted by atomic mass is 19.1. The summed E-state index contributed by atoms with van der Waals surface area (Å²) in [6.45, 7) is 2.63. The van der Waals surface area contributed by atoms with Gasteiger partial charge in [-0.25, -0.2) is 4.39 Å². The number of halogens is 1. The second-order valence-electron chi connectivity index (χ2n) is 6.76. The standard InChI is InChI=1S/C21H23FN2O3/c1-2-19(25)24-9-10-27-21(14-24,20(23)26)13-15-5-3-6-16(11-15)17-7-4-8-18(22)12-17/h3-8,11-12H,2,9-10,13-14H2,1H3,(H2,23,26)/t21-/m1/s1. The molecule has 2 amide bonds. The molecule has 6 heteroatoms. The molecule has 1 aliphatic rings. The summed E-state index contributed by atoms with van der Waals surface area (Å²) < 4.78 is 19.3. The molecule has 1 heterocycles. The van der Waals surface area contributed by atoms with Crippen LogP contribution in [0.4, 0.5) is 4.39 Å². The molecule has 1 saturated heterocycles. The Bertz CT molecular complexity index is 855. The van der Waals surface area contributed by atoms with E-state index in [0.717, 1.165) is 16.7 Å². The van der Waals surface area contributed by atoms with E-state index in [-0.39, 0.29) is 31.3 Å². The summed E-state index contributed by atoms with van der Waals surface area (Å²) in [5, 5.41) is 0. The molecule has 0 spiro atoms. The number of hydrogen-bond acceptors (Lipinski definition) is 3. The van der Waals surface area contributed by atoms with E-state index in [1.807, 2.05) is 30.3 Å². The van der Waals surface area contributed by atoms with Crippen LogP contribution in [0.25, 0.3) is 11.1 Å². The minimum atomic E-state index is -1.26. The van der Waals surface area contributed by atoms with E-state index < -0.39 is 11.5 Å².